The molecule has 0 aromatic heterocycles. The fraction of sp³-hybridized carbons (Fsp3) is 0.684. The summed E-state index contributed by atoms with van der Waals surface area (Å²) in [5.74, 6) is -0.351. The van der Waals surface area contributed by atoms with Gasteiger partial charge in [0.05, 0.1) is 13.7 Å². The number of ether oxygens (including phenoxy) is 2. The zero-order valence-corrected chi connectivity index (χ0v) is 15.2. The Morgan fingerprint density at radius 2 is 2.04 bits per heavy atom. The maximum atomic E-state index is 11.2. The van der Waals surface area contributed by atoms with Crippen molar-refractivity contribution in [2.24, 2.45) is 11.8 Å². The van der Waals surface area contributed by atoms with Gasteiger partial charge in [-0.05, 0) is 44.6 Å². The summed E-state index contributed by atoms with van der Waals surface area (Å²) in [4.78, 5) is 22.3. The first-order valence-electron chi connectivity index (χ1n) is 8.62. The van der Waals surface area contributed by atoms with Crippen molar-refractivity contribution < 1.29 is 24.2 Å². The lowest BCUT2D eigenvalue weighted by Gasteiger charge is -2.33. The lowest BCUT2D eigenvalue weighted by Crippen LogP contribution is -2.47. The van der Waals surface area contributed by atoms with Gasteiger partial charge in [-0.25, -0.2) is 4.79 Å². The minimum absolute atomic E-state index is 0.0921. The van der Waals surface area contributed by atoms with Gasteiger partial charge in [-0.2, -0.15) is 0 Å². The maximum Gasteiger partial charge on any atom is 0.330 e. The van der Waals surface area contributed by atoms with Gasteiger partial charge < -0.3 is 14.6 Å². The van der Waals surface area contributed by atoms with Gasteiger partial charge >= 0.3 is 11.9 Å². The van der Waals surface area contributed by atoms with Crippen LogP contribution in [0.1, 0.15) is 52.9 Å². The number of allylic oxidation sites excluding steroid dienone is 3. The molecule has 5 heteroatoms. The highest BCUT2D eigenvalue weighted by atomic mass is 16.6. The highest BCUT2D eigenvalue weighted by Crippen LogP contribution is 2.27. The first-order chi connectivity index (χ1) is 11.4. The van der Waals surface area contributed by atoms with Crippen LogP contribution in [-0.2, 0) is 19.1 Å². The fourth-order valence-corrected chi connectivity index (χ4v) is 3.07. The van der Waals surface area contributed by atoms with Crippen molar-refractivity contribution in [1.29, 1.82) is 0 Å². The van der Waals surface area contributed by atoms with Crippen LogP contribution in [0.2, 0.25) is 0 Å². The minimum atomic E-state index is -0.331. The number of rotatable bonds is 10. The van der Waals surface area contributed by atoms with E-state index in [2.05, 4.69) is 18.6 Å². The van der Waals surface area contributed by atoms with E-state index < -0.39 is 0 Å². The van der Waals surface area contributed by atoms with E-state index in [1.54, 1.807) is 0 Å². The molecule has 5 nitrogen and oxygen atoms in total. The number of methoxy groups -OCH3 is 1. The van der Waals surface area contributed by atoms with Gasteiger partial charge in [0.2, 0.25) is 0 Å². The molecule has 0 spiro atoms. The van der Waals surface area contributed by atoms with Crippen LogP contribution in [0.25, 0.3) is 0 Å². The number of aliphatic hydroxyl groups excluding tert-OH is 1. The molecule has 0 unspecified atom stereocenters. The van der Waals surface area contributed by atoms with Crippen molar-refractivity contribution in [1.82, 2.24) is 0 Å². The van der Waals surface area contributed by atoms with Crippen LogP contribution in [0.15, 0.2) is 23.3 Å². The molecule has 0 aliphatic carbocycles. The molecule has 1 fully saturated rings. The third kappa shape index (κ3) is 6.87. The standard InChI is InChI=1S/C19H30O5/c1-13(9-14(2)10-15(3)11-18(21)23-4)7-5-6-8-17-16(12-20)19(22)24-17/h10-11,13,16-17,20H,5-9,12H2,1-4H3/b14-10+,15-11+/t13-,16-,17-/m1/s1. The molecule has 136 valence electrons. The Balaban J connectivity index is 2.23. The molecule has 0 bridgehead atoms. The Bertz CT molecular complexity index is 492. The van der Waals surface area contributed by atoms with E-state index in [-0.39, 0.29) is 30.6 Å². The summed E-state index contributed by atoms with van der Waals surface area (Å²) in [7, 11) is 1.37. The van der Waals surface area contributed by atoms with Crippen LogP contribution in [0.5, 0.6) is 0 Å². The predicted molar refractivity (Wildman–Crippen MR) is 92.2 cm³/mol. The third-order valence-electron chi connectivity index (χ3n) is 4.34. The van der Waals surface area contributed by atoms with Gasteiger partial charge in [-0.1, -0.05) is 31.4 Å². The molecule has 0 radical (unpaired) electrons. The highest BCUT2D eigenvalue weighted by Gasteiger charge is 2.41. The topological polar surface area (TPSA) is 72.8 Å². The Labute approximate surface area is 144 Å². The molecule has 1 N–H and O–H groups in total. The first kappa shape index (κ1) is 20.4. The van der Waals surface area contributed by atoms with Crippen molar-refractivity contribution in [3.05, 3.63) is 23.3 Å². The Kier molecular flexibility index (Phi) is 8.76. The molecular formula is C19H30O5. The molecular weight excluding hydrogens is 308 g/mol. The summed E-state index contributed by atoms with van der Waals surface area (Å²) in [6.45, 7) is 6.08. The number of hydrogen-bond donors (Lipinski definition) is 1. The Morgan fingerprint density at radius 3 is 2.62 bits per heavy atom. The van der Waals surface area contributed by atoms with E-state index >= 15 is 0 Å². The Morgan fingerprint density at radius 1 is 1.33 bits per heavy atom. The maximum absolute atomic E-state index is 11.2. The van der Waals surface area contributed by atoms with E-state index in [0.29, 0.717) is 5.92 Å². The smallest absolute Gasteiger partial charge is 0.330 e. The first-order valence-corrected chi connectivity index (χ1v) is 8.62. The monoisotopic (exact) mass is 338 g/mol. The number of aliphatic hydroxyl groups is 1. The van der Waals surface area contributed by atoms with E-state index in [9.17, 15) is 9.59 Å². The number of carbonyl (C=O) groups is 2. The minimum Gasteiger partial charge on any atom is -0.466 e. The van der Waals surface area contributed by atoms with E-state index in [4.69, 9.17) is 9.84 Å². The highest BCUT2D eigenvalue weighted by molar-refractivity contribution is 5.83. The number of carbonyl (C=O) groups excluding carboxylic acids is 2. The summed E-state index contributed by atoms with van der Waals surface area (Å²) in [5, 5.41) is 9.07. The van der Waals surface area contributed by atoms with Crippen LogP contribution in [-0.4, -0.2) is 36.9 Å². The SMILES string of the molecule is COC(=O)/C=C(C)/C=C(\C)C[C@H](C)CCCC[C@H]1OC(=O)[C@@H]1CO. The van der Waals surface area contributed by atoms with Crippen LogP contribution in [0.3, 0.4) is 0 Å². The van der Waals surface area contributed by atoms with Gasteiger partial charge in [0.25, 0.3) is 0 Å². The molecule has 1 rings (SSSR count). The van der Waals surface area contributed by atoms with Gasteiger partial charge in [-0.15, -0.1) is 0 Å². The van der Waals surface area contributed by atoms with Crippen molar-refractivity contribution in [2.75, 3.05) is 13.7 Å². The third-order valence-corrected chi connectivity index (χ3v) is 4.34. The number of cyclic esters (lactones) is 1. The van der Waals surface area contributed by atoms with Crippen molar-refractivity contribution in [3.8, 4) is 0 Å². The average Bonchev–Trinajstić information content (AvgIpc) is 2.49. The second-order valence-corrected chi connectivity index (χ2v) is 6.76. The zero-order valence-electron chi connectivity index (χ0n) is 15.2. The summed E-state index contributed by atoms with van der Waals surface area (Å²) in [6, 6.07) is 0. The van der Waals surface area contributed by atoms with Crippen LogP contribution >= 0.6 is 0 Å². The number of unbranched alkanes of at least 4 members (excludes halogenated alkanes) is 1. The van der Waals surface area contributed by atoms with Gasteiger partial charge in [0, 0.05) is 6.08 Å². The summed E-state index contributed by atoms with van der Waals surface area (Å²) >= 11 is 0. The molecule has 1 saturated heterocycles. The van der Waals surface area contributed by atoms with E-state index in [0.717, 1.165) is 37.7 Å². The second-order valence-electron chi connectivity index (χ2n) is 6.76. The molecule has 0 amide bonds. The van der Waals surface area contributed by atoms with Gasteiger partial charge in [0.15, 0.2) is 0 Å². The number of esters is 2. The van der Waals surface area contributed by atoms with E-state index in [1.807, 2.05) is 13.0 Å². The molecule has 0 aromatic carbocycles. The lowest BCUT2D eigenvalue weighted by molar-refractivity contribution is -0.189. The molecule has 24 heavy (non-hydrogen) atoms. The summed E-state index contributed by atoms with van der Waals surface area (Å²) in [6.07, 6.45) is 8.43. The Hall–Kier alpha value is -1.62. The predicted octanol–water partition coefficient (Wildman–Crippen LogP) is 3.17. The quantitative estimate of drug-likeness (QED) is 0.287. The van der Waals surface area contributed by atoms with Gasteiger partial charge in [0.1, 0.15) is 12.0 Å². The molecule has 1 aliphatic rings. The van der Waals surface area contributed by atoms with E-state index in [1.165, 1.54) is 18.8 Å². The molecule has 0 aromatic rings. The largest absolute Gasteiger partial charge is 0.466 e. The van der Waals surface area contributed by atoms with Gasteiger partial charge in [-0.3, -0.25) is 4.79 Å². The molecule has 1 aliphatic heterocycles. The van der Waals surface area contributed by atoms with Crippen LogP contribution in [0, 0.1) is 11.8 Å². The van der Waals surface area contributed by atoms with Crippen molar-refractivity contribution >= 4 is 11.9 Å². The molecule has 0 saturated carbocycles. The van der Waals surface area contributed by atoms with Crippen LogP contribution < -0.4 is 0 Å². The van der Waals surface area contributed by atoms with Crippen LogP contribution in [0.4, 0.5) is 0 Å². The number of hydrogen-bond acceptors (Lipinski definition) is 5. The summed E-state index contributed by atoms with van der Waals surface area (Å²) in [5.41, 5.74) is 2.14. The molecule has 1 heterocycles. The summed E-state index contributed by atoms with van der Waals surface area (Å²) < 4.78 is 9.66. The van der Waals surface area contributed by atoms with Crippen molar-refractivity contribution in [3.63, 3.8) is 0 Å². The second kappa shape index (κ2) is 10.3. The lowest BCUT2D eigenvalue weighted by atomic mass is 9.91. The zero-order chi connectivity index (χ0) is 18.1. The average molecular weight is 338 g/mol. The van der Waals surface area contributed by atoms with Crippen molar-refractivity contribution in [2.45, 2.75) is 59.0 Å². The normalized spacial score (nSPS) is 22.6. The fourth-order valence-electron chi connectivity index (χ4n) is 3.07. The molecule has 3 atom stereocenters.